The summed E-state index contributed by atoms with van der Waals surface area (Å²) in [6.07, 6.45) is 0. The molecule has 0 fully saturated rings. The van der Waals surface area contributed by atoms with Crippen molar-refractivity contribution in [3.05, 3.63) is 16.1 Å². The summed E-state index contributed by atoms with van der Waals surface area (Å²) in [6.45, 7) is 9.22. The fourth-order valence-corrected chi connectivity index (χ4v) is 2.63. The molecule has 0 saturated heterocycles. The highest BCUT2D eigenvalue weighted by Gasteiger charge is 2.18. The van der Waals surface area contributed by atoms with Crippen molar-refractivity contribution in [2.75, 3.05) is 46.4 Å². The summed E-state index contributed by atoms with van der Waals surface area (Å²) in [7, 11) is 1.64. The predicted molar refractivity (Wildman–Crippen MR) is 100 cm³/mol. The Hall–Kier alpha value is -0.440. The van der Waals surface area contributed by atoms with E-state index in [1.54, 1.807) is 17.4 Å². The zero-order valence-electron chi connectivity index (χ0n) is 14.0. The average Bonchev–Trinajstić information content (AvgIpc) is 2.99. The van der Waals surface area contributed by atoms with Crippen molar-refractivity contribution in [2.45, 2.75) is 20.4 Å². The lowest BCUT2D eigenvalue weighted by Gasteiger charge is -2.25. The molecule has 1 amide bonds. The highest BCUT2D eigenvalue weighted by atomic mass is 35.5. The molecule has 0 atom stereocenters. The Bertz CT molecular complexity index is 431. The molecule has 2 N–H and O–H groups in total. The highest BCUT2D eigenvalue weighted by molar-refractivity contribution is 7.09. The van der Waals surface area contributed by atoms with Gasteiger partial charge in [-0.05, 0) is 13.1 Å². The fraction of sp³-hybridized carbons (Fsp3) is 0.714. The SMILES string of the molecule is CCN(CC)CCN(CCOC)C(=O)c1csc(CN)n1.Cl.Cl. The van der Waals surface area contributed by atoms with Gasteiger partial charge in [0.25, 0.3) is 5.91 Å². The normalized spacial score (nSPS) is 10.1. The molecule has 0 spiro atoms. The number of hydrogen-bond donors (Lipinski definition) is 1. The van der Waals surface area contributed by atoms with Crippen LogP contribution in [-0.4, -0.2) is 67.1 Å². The maximum atomic E-state index is 12.5. The minimum absolute atomic E-state index is 0. The van der Waals surface area contributed by atoms with Crippen LogP contribution in [0.25, 0.3) is 0 Å². The van der Waals surface area contributed by atoms with Crippen molar-refractivity contribution in [1.82, 2.24) is 14.8 Å². The molecule has 0 radical (unpaired) electrons. The van der Waals surface area contributed by atoms with Crippen LogP contribution in [0.2, 0.25) is 0 Å². The number of halogens is 2. The second-order valence-corrected chi connectivity index (χ2v) is 5.59. The first-order valence-corrected chi connectivity index (χ1v) is 8.19. The quantitative estimate of drug-likeness (QED) is 0.664. The summed E-state index contributed by atoms with van der Waals surface area (Å²) in [4.78, 5) is 20.9. The lowest BCUT2D eigenvalue weighted by Crippen LogP contribution is -2.40. The smallest absolute Gasteiger partial charge is 0.273 e. The summed E-state index contributed by atoms with van der Waals surface area (Å²) in [6, 6.07) is 0. The van der Waals surface area contributed by atoms with E-state index in [-0.39, 0.29) is 30.7 Å². The Balaban J connectivity index is 0. The van der Waals surface area contributed by atoms with Gasteiger partial charge in [0.1, 0.15) is 10.7 Å². The molecule has 1 aromatic heterocycles. The number of carbonyl (C=O) groups is 1. The second-order valence-electron chi connectivity index (χ2n) is 4.64. The van der Waals surface area contributed by atoms with E-state index in [9.17, 15) is 4.79 Å². The van der Waals surface area contributed by atoms with E-state index in [1.165, 1.54) is 11.3 Å². The van der Waals surface area contributed by atoms with Crippen molar-refractivity contribution in [2.24, 2.45) is 5.73 Å². The molecule has 1 rings (SSSR count). The van der Waals surface area contributed by atoms with Crippen LogP contribution < -0.4 is 5.73 Å². The Morgan fingerprint density at radius 2 is 1.91 bits per heavy atom. The van der Waals surface area contributed by atoms with Gasteiger partial charge in [0, 0.05) is 38.7 Å². The van der Waals surface area contributed by atoms with Crippen molar-refractivity contribution in [3.63, 3.8) is 0 Å². The third kappa shape index (κ3) is 8.28. The summed E-state index contributed by atoms with van der Waals surface area (Å²) in [5, 5.41) is 2.57. The minimum atomic E-state index is -0.0462. The third-order valence-corrected chi connectivity index (χ3v) is 4.25. The number of rotatable bonds is 10. The molecule has 1 aromatic rings. The van der Waals surface area contributed by atoms with Gasteiger partial charge >= 0.3 is 0 Å². The zero-order chi connectivity index (χ0) is 15.7. The van der Waals surface area contributed by atoms with Crippen molar-refractivity contribution >= 4 is 42.1 Å². The van der Waals surface area contributed by atoms with Crippen LogP contribution in [0.3, 0.4) is 0 Å². The van der Waals surface area contributed by atoms with Gasteiger partial charge < -0.3 is 20.3 Å². The fourth-order valence-electron chi connectivity index (χ4n) is 1.98. The summed E-state index contributed by atoms with van der Waals surface area (Å²) >= 11 is 1.43. The molecule has 0 bridgehead atoms. The Labute approximate surface area is 155 Å². The van der Waals surface area contributed by atoms with Crippen LogP contribution in [0.4, 0.5) is 0 Å². The zero-order valence-corrected chi connectivity index (χ0v) is 16.4. The van der Waals surface area contributed by atoms with E-state index in [0.717, 1.165) is 24.6 Å². The molecule has 136 valence electrons. The molecule has 6 nitrogen and oxygen atoms in total. The number of methoxy groups -OCH3 is 1. The molecule has 9 heteroatoms. The first kappa shape index (κ1) is 24.8. The largest absolute Gasteiger partial charge is 0.383 e. The molecule has 0 aliphatic heterocycles. The second kappa shape index (κ2) is 13.9. The number of nitrogens with two attached hydrogens (primary N) is 1. The molecule has 0 unspecified atom stereocenters. The predicted octanol–water partition coefficient (Wildman–Crippen LogP) is 1.88. The molecule has 1 heterocycles. The van der Waals surface area contributed by atoms with Crippen LogP contribution >= 0.6 is 36.2 Å². The van der Waals surface area contributed by atoms with E-state index >= 15 is 0 Å². The van der Waals surface area contributed by atoms with Gasteiger partial charge in [-0.3, -0.25) is 4.79 Å². The maximum absolute atomic E-state index is 12.5. The molecule has 0 aliphatic rings. The van der Waals surface area contributed by atoms with E-state index in [1.807, 2.05) is 0 Å². The Morgan fingerprint density at radius 1 is 1.26 bits per heavy atom. The number of carbonyl (C=O) groups excluding carboxylic acids is 1. The van der Waals surface area contributed by atoms with E-state index < -0.39 is 0 Å². The van der Waals surface area contributed by atoms with E-state index in [4.69, 9.17) is 10.5 Å². The number of nitrogens with zero attached hydrogens (tertiary/aromatic N) is 3. The van der Waals surface area contributed by atoms with Gasteiger partial charge in [-0.15, -0.1) is 36.2 Å². The number of ether oxygens (including phenoxy) is 1. The number of likely N-dealkylation sites (N-methyl/N-ethyl adjacent to an activating group) is 1. The van der Waals surface area contributed by atoms with E-state index in [2.05, 4.69) is 23.7 Å². The molecule has 23 heavy (non-hydrogen) atoms. The summed E-state index contributed by atoms with van der Waals surface area (Å²) in [5.41, 5.74) is 6.03. The topological polar surface area (TPSA) is 71.7 Å². The standard InChI is InChI=1S/C14H26N4O2S.2ClH/c1-4-17(5-2)6-7-18(8-9-20-3)14(19)12-11-21-13(10-15)16-12;;/h11H,4-10,15H2,1-3H3;2*1H. The monoisotopic (exact) mass is 386 g/mol. The first-order valence-electron chi connectivity index (χ1n) is 7.31. The maximum Gasteiger partial charge on any atom is 0.273 e. The highest BCUT2D eigenvalue weighted by Crippen LogP contribution is 2.11. The Morgan fingerprint density at radius 3 is 2.39 bits per heavy atom. The molecular formula is C14H28Cl2N4O2S. The van der Waals surface area contributed by atoms with Gasteiger partial charge in [0.2, 0.25) is 0 Å². The Kier molecular flexibility index (Phi) is 15.0. The number of amides is 1. The van der Waals surface area contributed by atoms with Crippen molar-refractivity contribution < 1.29 is 9.53 Å². The van der Waals surface area contributed by atoms with Crippen molar-refractivity contribution in [1.29, 1.82) is 0 Å². The lowest BCUT2D eigenvalue weighted by molar-refractivity contribution is 0.0669. The van der Waals surface area contributed by atoms with Gasteiger partial charge in [0.15, 0.2) is 0 Å². The number of hydrogen-bond acceptors (Lipinski definition) is 6. The van der Waals surface area contributed by atoms with Crippen molar-refractivity contribution in [3.8, 4) is 0 Å². The number of aromatic nitrogens is 1. The van der Waals surface area contributed by atoms with Crippen LogP contribution in [0.1, 0.15) is 29.3 Å². The lowest BCUT2D eigenvalue weighted by atomic mass is 10.3. The summed E-state index contributed by atoms with van der Waals surface area (Å²) < 4.78 is 5.10. The van der Waals surface area contributed by atoms with Crippen LogP contribution in [0.15, 0.2) is 5.38 Å². The van der Waals surface area contributed by atoms with Gasteiger partial charge in [0.05, 0.1) is 6.61 Å². The minimum Gasteiger partial charge on any atom is -0.383 e. The van der Waals surface area contributed by atoms with Gasteiger partial charge in [-0.2, -0.15) is 0 Å². The molecular weight excluding hydrogens is 359 g/mol. The first-order chi connectivity index (χ1) is 10.2. The van der Waals surface area contributed by atoms with Crippen LogP contribution in [-0.2, 0) is 11.3 Å². The molecule has 0 aliphatic carbocycles. The van der Waals surface area contributed by atoms with E-state index in [0.29, 0.717) is 31.9 Å². The van der Waals surface area contributed by atoms with Crippen LogP contribution in [0.5, 0.6) is 0 Å². The third-order valence-electron chi connectivity index (χ3n) is 3.38. The molecule has 0 saturated carbocycles. The molecule has 0 aromatic carbocycles. The number of thiazole rings is 1. The summed E-state index contributed by atoms with van der Waals surface area (Å²) in [5.74, 6) is -0.0462. The van der Waals surface area contributed by atoms with Gasteiger partial charge in [-0.25, -0.2) is 4.98 Å². The van der Waals surface area contributed by atoms with Crippen LogP contribution in [0, 0.1) is 0 Å². The van der Waals surface area contributed by atoms with Gasteiger partial charge in [-0.1, -0.05) is 13.8 Å². The average molecular weight is 387 g/mol.